The van der Waals surface area contributed by atoms with E-state index in [1.165, 1.54) is 0 Å². The van der Waals surface area contributed by atoms with Crippen molar-refractivity contribution in [1.29, 1.82) is 0 Å². The van der Waals surface area contributed by atoms with E-state index >= 15 is 0 Å². The van der Waals surface area contributed by atoms with Crippen molar-refractivity contribution in [3.63, 3.8) is 0 Å². The lowest BCUT2D eigenvalue weighted by Gasteiger charge is -2.36. The van der Waals surface area contributed by atoms with E-state index in [1.54, 1.807) is 9.80 Å². The van der Waals surface area contributed by atoms with Gasteiger partial charge in [-0.15, -0.1) is 0 Å². The number of hydrogen-bond acceptors (Lipinski definition) is 5. The molecule has 2 aliphatic rings. The van der Waals surface area contributed by atoms with E-state index in [2.05, 4.69) is 27.7 Å². The summed E-state index contributed by atoms with van der Waals surface area (Å²) in [6.07, 6.45) is 2.20. The number of anilines is 1. The fourth-order valence-electron chi connectivity index (χ4n) is 4.32. The van der Waals surface area contributed by atoms with Crippen LogP contribution in [0.1, 0.15) is 33.6 Å². The first kappa shape index (κ1) is 24.5. The molecule has 180 valence electrons. The average Bonchev–Trinajstić information content (AvgIpc) is 3.29. The number of rotatable bonds is 6. The van der Waals surface area contributed by atoms with Crippen molar-refractivity contribution in [3.05, 3.63) is 30.3 Å². The highest BCUT2D eigenvalue weighted by atomic mass is 16.2. The molecule has 0 bridgehead atoms. The van der Waals surface area contributed by atoms with Crippen LogP contribution in [0.15, 0.2) is 30.3 Å². The molecule has 9 nitrogen and oxygen atoms in total. The Bertz CT molecular complexity index is 846. The van der Waals surface area contributed by atoms with Gasteiger partial charge in [0.05, 0.1) is 12.6 Å². The summed E-state index contributed by atoms with van der Waals surface area (Å²) in [6.45, 7) is 8.59. The van der Waals surface area contributed by atoms with Crippen molar-refractivity contribution < 1.29 is 19.2 Å². The number of amides is 4. The molecule has 2 unspecified atom stereocenters. The number of carbonyl (C=O) groups excluding carboxylic acids is 4. The molecule has 0 radical (unpaired) electrons. The Hall–Kier alpha value is -3.10. The minimum atomic E-state index is -0.803. The summed E-state index contributed by atoms with van der Waals surface area (Å²) >= 11 is 0. The number of nitrogens with zero attached hydrogens (tertiary/aromatic N) is 3. The highest BCUT2D eigenvalue weighted by Crippen LogP contribution is 2.25. The molecule has 9 heteroatoms. The Morgan fingerprint density at radius 3 is 2.33 bits per heavy atom. The molecule has 3 rings (SSSR count). The van der Waals surface area contributed by atoms with Crippen molar-refractivity contribution in [1.82, 2.24) is 20.4 Å². The predicted molar refractivity (Wildman–Crippen MR) is 126 cm³/mol. The first-order chi connectivity index (χ1) is 15.7. The molecule has 1 aromatic carbocycles. The first-order valence-corrected chi connectivity index (χ1v) is 11.6. The van der Waals surface area contributed by atoms with Gasteiger partial charge in [-0.2, -0.15) is 0 Å². The van der Waals surface area contributed by atoms with Gasteiger partial charge in [0, 0.05) is 38.4 Å². The lowest BCUT2D eigenvalue weighted by atomic mass is 9.85. The van der Waals surface area contributed by atoms with Crippen LogP contribution in [-0.2, 0) is 14.4 Å². The number of hydrogen-bond donors (Lipinski definition) is 2. The number of benzene rings is 1. The minimum Gasteiger partial charge on any atom is -0.368 e. The van der Waals surface area contributed by atoms with E-state index in [1.807, 2.05) is 39.0 Å². The van der Waals surface area contributed by atoms with E-state index in [0.717, 1.165) is 31.5 Å². The molecule has 2 atom stereocenters. The summed E-state index contributed by atoms with van der Waals surface area (Å²) in [5.41, 5.74) is 0.581. The molecular weight excluding hydrogens is 422 g/mol. The third kappa shape index (κ3) is 6.24. The van der Waals surface area contributed by atoms with Crippen LogP contribution in [0.25, 0.3) is 0 Å². The van der Waals surface area contributed by atoms with E-state index in [0.29, 0.717) is 26.1 Å². The number of likely N-dealkylation sites (tertiary alicyclic amines) is 1. The third-order valence-electron chi connectivity index (χ3n) is 6.28. The molecule has 0 aromatic heterocycles. The summed E-state index contributed by atoms with van der Waals surface area (Å²) in [5, 5.41) is 5.33. The second-order valence-electron chi connectivity index (χ2n) is 9.71. The van der Waals surface area contributed by atoms with Crippen LogP contribution in [0.3, 0.4) is 0 Å². The highest BCUT2D eigenvalue weighted by Gasteiger charge is 2.39. The van der Waals surface area contributed by atoms with Gasteiger partial charge in [0.2, 0.25) is 11.8 Å². The van der Waals surface area contributed by atoms with Crippen molar-refractivity contribution in [2.45, 2.75) is 45.7 Å². The van der Waals surface area contributed by atoms with E-state index in [4.69, 9.17) is 0 Å². The molecule has 0 saturated carbocycles. The van der Waals surface area contributed by atoms with Crippen LogP contribution in [0.5, 0.6) is 0 Å². The number of nitrogens with one attached hydrogen (secondary N) is 2. The molecule has 4 amide bonds. The van der Waals surface area contributed by atoms with Gasteiger partial charge >= 0.3 is 6.03 Å². The molecule has 2 heterocycles. The lowest BCUT2D eigenvalue weighted by molar-refractivity contribution is -0.138. The van der Waals surface area contributed by atoms with Gasteiger partial charge < -0.3 is 30.1 Å². The Balaban J connectivity index is 1.49. The smallest absolute Gasteiger partial charge is 0.315 e. The molecule has 2 saturated heterocycles. The number of urea groups is 1. The quantitative estimate of drug-likeness (QED) is 0.626. The van der Waals surface area contributed by atoms with Crippen LogP contribution >= 0.6 is 0 Å². The number of carbonyl (C=O) groups is 4. The van der Waals surface area contributed by atoms with Crippen molar-refractivity contribution >= 4 is 29.8 Å². The third-order valence-corrected chi connectivity index (χ3v) is 6.28. The lowest BCUT2D eigenvalue weighted by Crippen LogP contribution is -2.58. The molecule has 1 aromatic rings. The summed E-state index contributed by atoms with van der Waals surface area (Å²) < 4.78 is 0. The average molecular weight is 458 g/mol. The number of aldehydes is 1. The monoisotopic (exact) mass is 457 g/mol. The van der Waals surface area contributed by atoms with Crippen LogP contribution in [0.2, 0.25) is 0 Å². The van der Waals surface area contributed by atoms with E-state index in [9.17, 15) is 19.2 Å². The normalized spacial score (nSPS) is 19.7. The fourth-order valence-corrected chi connectivity index (χ4v) is 4.32. The zero-order valence-electron chi connectivity index (χ0n) is 19.8. The van der Waals surface area contributed by atoms with Crippen molar-refractivity contribution in [3.8, 4) is 0 Å². The molecule has 33 heavy (non-hydrogen) atoms. The molecule has 0 spiro atoms. The van der Waals surface area contributed by atoms with Crippen molar-refractivity contribution in [2.24, 2.45) is 5.41 Å². The summed E-state index contributed by atoms with van der Waals surface area (Å²) in [7, 11) is 0. The van der Waals surface area contributed by atoms with Crippen LogP contribution in [0.4, 0.5) is 10.5 Å². The number of piperazine rings is 1. The molecule has 0 aliphatic carbocycles. The van der Waals surface area contributed by atoms with Gasteiger partial charge in [-0.1, -0.05) is 39.0 Å². The summed E-state index contributed by atoms with van der Waals surface area (Å²) in [5.74, 6) is -0.423. The SMILES string of the molecule is CC(C)(C)C(NC(=O)NCC(=O)N1CCN(c2ccccc2)CC1)C(=O)N1CCCC1C=O. The second-order valence-corrected chi connectivity index (χ2v) is 9.71. The zero-order valence-corrected chi connectivity index (χ0v) is 19.8. The molecule has 2 fully saturated rings. The molecular formula is C24H35N5O4. The first-order valence-electron chi connectivity index (χ1n) is 11.6. The van der Waals surface area contributed by atoms with Gasteiger partial charge in [0.25, 0.3) is 0 Å². The van der Waals surface area contributed by atoms with Crippen LogP contribution in [0, 0.1) is 5.41 Å². The predicted octanol–water partition coefficient (Wildman–Crippen LogP) is 1.24. The minimum absolute atomic E-state index is 0.136. The second kappa shape index (κ2) is 10.7. The summed E-state index contributed by atoms with van der Waals surface area (Å²) in [6, 6.07) is 8.25. The Morgan fingerprint density at radius 1 is 1.06 bits per heavy atom. The maximum Gasteiger partial charge on any atom is 0.315 e. The van der Waals surface area contributed by atoms with E-state index < -0.39 is 23.5 Å². The maximum absolute atomic E-state index is 13.1. The summed E-state index contributed by atoms with van der Waals surface area (Å²) in [4.78, 5) is 55.1. The van der Waals surface area contributed by atoms with Gasteiger partial charge in [0.15, 0.2) is 0 Å². The van der Waals surface area contributed by atoms with Gasteiger partial charge in [-0.05, 0) is 30.4 Å². The Kier molecular flexibility index (Phi) is 7.94. The van der Waals surface area contributed by atoms with Gasteiger partial charge in [-0.25, -0.2) is 4.79 Å². The van der Waals surface area contributed by atoms with Crippen LogP contribution < -0.4 is 15.5 Å². The Morgan fingerprint density at radius 2 is 1.73 bits per heavy atom. The standard InChI is InChI=1S/C24H35N5O4/c1-24(2,3)21(22(32)29-11-7-10-19(29)17-30)26-23(33)25-16-20(31)28-14-12-27(13-15-28)18-8-5-4-6-9-18/h4-6,8-9,17,19,21H,7,10-16H2,1-3H3,(H2,25,26,33). The van der Waals surface area contributed by atoms with Gasteiger partial charge in [0.1, 0.15) is 12.3 Å². The Labute approximate surface area is 195 Å². The zero-order chi connectivity index (χ0) is 24.0. The largest absolute Gasteiger partial charge is 0.368 e. The molecule has 2 N–H and O–H groups in total. The number of para-hydroxylation sites is 1. The van der Waals surface area contributed by atoms with Crippen LogP contribution in [-0.4, -0.2) is 85.3 Å². The molecule has 2 aliphatic heterocycles. The van der Waals surface area contributed by atoms with E-state index in [-0.39, 0.29) is 18.4 Å². The van der Waals surface area contributed by atoms with Crippen molar-refractivity contribution in [2.75, 3.05) is 44.2 Å². The fraction of sp³-hybridized carbons (Fsp3) is 0.583. The topological polar surface area (TPSA) is 102 Å². The maximum atomic E-state index is 13.1. The van der Waals surface area contributed by atoms with Gasteiger partial charge in [-0.3, -0.25) is 9.59 Å². The highest BCUT2D eigenvalue weighted by molar-refractivity contribution is 5.91.